The Hall–Kier alpha value is -4.69. The Balaban J connectivity index is 1.36. The normalized spacial score (nSPS) is 11.4. The van der Waals surface area contributed by atoms with Crippen molar-refractivity contribution in [3.63, 3.8) is 0 Å². The third-order valence-corrected chi connectivity index (χ3v) is 6.57. The molecule has 0 saturated carbocycles. The van der Waals surface area contributed by atoms with Crippen LogP contribution in [0.2, 0.25) is 0 Å². The van der Waals surface area contributed by atoms with Crippen LogP contribution in [-0.4, -0.2) is 4.98 Å². The number of hydrogen-bond acceptors (Lipinski definition) is 2. The van der Waals surface area contributed by atoms with Gasteiger partial charge in [0.25, 0.3) is 0 Å². The molecule has 2 nitrogen and oxygen atoms in total. The molecule has 0 aliphatic heterocycles. The first-order chi connectivity index (χ1) is 17.7. The van der Waals surface area contributed by atoms with Gasteiger partial charge in [0.1, 0.15) is 0 Å². The number of aromatic nitrogens is 1. The van der Waals surface area contributed by atoms with Gasteiger partial charge in [-0.1, -0.05) is 90.5 Å². The molecule has 1 heterocycles. The van der Waals surface area contributed by atoms with Gasteiger partial charge in [-0.15, -0.1) is 0 Å². The number of hydrogen-bond donors (Lipinski definition) is 0. The van der Waals surface area contributed by atoms with Gasteiger partial charge in [0, 0.05) is 28.6 Å². The van der Waals surface area contributed by atoms with Crippen molar-refractivity contribution in [1.29, 1.82) is 0 Å². The molecule has 0 spiro atoms. The molecule has 0 fully saturated rings. The van der Waals surface area contributed by atoms with E-state index in [2.05, 4.69) is 138 Å². The van der Waals surface area contributed by atoms with Gasteiger partial charge in [-0.2, -0.15) is 0 Å². The van der Waals surface area contributed by atoms with Gasteiger partial charge in [0.2, 0.25) is 0 Å². The summed E-state index contributed by atoms with van der Waals surface area (Å²) in [6.45, 7) is 2.12. The van der Waals surface area contributed by atoms with Crippen LogP contribution in [0, 0.1) is 6.92 Å². The third-order valence-electron chi connectivity index (χ3n) is 6.57. The molecule has 36 heavy (non-hydrogen) atoms. The number of benzene rings is 5. The van der Waals surface area contributed by atoms with Gasteiger partial charge >= 0.3 is 0 Å². The Bertz CT molecular complexity index is 1670. The molecule has 0 aliphatic carbocycles. The van der Waals surface area contributed by atoms with Crippen LogP contribution in [0.3, 0.4) is 0 Å². The first-order valence-electron chi connectivity index (χ1n) is 12.2. The van der Waals surface area contributed by atoms with Crippen LogP contribution in [-0.2, 0) is 0 Å². The molecule has 0 atom stereocenters. The number of anilines is 3. The summed E-state index contributed by atoms with van der Waals surface area (Å²) in [6, 6.07) is 42.9. The molecular weight excluding hydrogens is 436 g/mol. The largest absolute Gasteiger partial charge is 0.310 e. The van der Waals surface area contributed by atoms with Crippen molar-refractivity contribution in [2.75, 3.05) is 4.90 Å². The van der Waals surface area contributed by atoms with E-state index in [1.54, 1.807) is 0 Å². The maximum absolute atomic E-state index is 4.47. The molecule has 0 amide bonds. The van der Waals surface area contributed by atoms with Crippen LogP contribution in [0.1, 0.15) is 16.7 Å². The lowest BCUT2D eigenvalue weighted by atomic mass is 10.1. The van der Waals surface area contributed by atoms with E-state index in [1.807, 2.05) is 18.3 Å². The van der Waals surface area contributed by atoms with Crippen molar-refractivity contribution in [3.8, 4) is 0 Å². The van der Waals surface area contributed by atoms with Crippen LogP contribution < -0.4 is 4.90 Å². The molecule has 0 radical (unpaired) electrons. The molecular formula is C34H26N2. The van der Waals surface area contributed by atoms with Crippen molar-refractivity contribution in [3.05, 3.63) is 144 Å². The summed E-state index contributed by atoms with van der Waals surface area (Å²) in [5.41, 5.74) is 8.00. The number of nitrogens with zero attached hydrogens (tertiary/aromatic N) is 2. The van der Waals surface area contributed by atoms with E-state index >= 15 is 0 Å². The second-order valence-electron chi connectivity index (χ2n) is 9.04. The topological polar surface area (TPSA) is 16.1 Å². The number of para-hydroxylation sites is 1. The van der Waals surface area contributed by atoms with Gasteiger partial charge in [-0.25, -0.2) is 0 Å². The fourth-order valence-electron chi connectivity index (χ4n) is 4.64. The van der Waals surface area contributed by atoms with Gasteiger partial charge in [0.05, 0.1) is 5.52 Å². The standard InChI is InChI=1S/C34H26N2/c1-25-10-17-30(18-11-25)36(32-21-16-27-6-2-3-7-29(27)24-32)31-19-13-26(14-20-31)12-15-28-22-23-35-34-9-5-4-8-33(28)34/h2-24H,1H3/b15-12+. The fraction of sp³-hybridized carbons (Fsp3) is 0.0294. The van der Waals surface area contributed by atoms with E-state index in [4.69, 9.17) is 0 Å². The van der Waals surface area contributed by atoms with Crippen molar-refractivity contribution in [2.24, 2.45) is 0 Å². The molecule has 2 heteroatoms. The van der Waals surface area contributed by atoms with Crippen LogP contribution in [0.4, 0.5) is 17.1 Å². The second kappa shape index (κ2) is 9.52. The highest BCUT2D eigenvalue weighted by Crippen LogP contribution is 2.36. The molecule has 0 bridgehead atoms. The maximum atomic E-state index is 4.47. The molecule has 0 unspecified atom stereocenters. The summed E-state index contributed by atoms with van der Waals surface area (Å²) in [5, 5.41) is 3.64. The number of rotatable bonds is 5. The molecule has 6 aromatic rings. The van der Waals surface area contributed by atoms with E-state index in [-0.39, 0.29) is 0 Å². The van der Waals surface area contributed by atoms with E-state index in [9.17, 15) is 0 Å². The summed E-state index contributed by atoms with van der Waals surface area (Å²) < 4.78 is 0. The summed E-state index contributed by atoms with van der Waals surface area (Å²) in [6.07, 6.45) is 6.20. The molecule has 5 aromatic carbocycles. The highest BCUT2D eigenvalue weighted by Gasteiger charge is 2.13. The fourth-order valence-corrected chi connectivity index (χ4v) is 4.64. The molecule has 0 aliphatic rings. The molecule has 1 aromatic heterocycles. The average Bonchev–Trinajstić information content (AvgIpc) is 2.94. The minimum Gasteiger partial charge on any atom is -0.310 e. The van der Waals surface area contributed by atoms with Gasteiger partial charge in [0.15, 0.2) is 0 Å². The van der Waals surface area contributed by atoms with Crippen molar-refractivity contribution in [2.45, 2.75) is 6.92 Å². The highest BCUT2D eigenvalue weighted by atomic mass is 15.1. The van der Waals surface area contributed by atoms with Crippen LogP contribution in [0.25, 0.3) is 33.8 Å². The maximum Gasteiger partial charge on any atom is 0.0707 e. The lowest BCUT2D eigenvalue weighted by Gasteiger charge is -2.26. The SMILES string of the molecule is Cc1ccc(N(c2ccc(/C=C/c3ccnc4ccccc34)cc2)c2ccc3ccccc3c2)cc1. The molecule has 0 N–H and O–H groups in total. The van der Waals surface area contributed by atoms with Crippen LogP contribution in [0.15, 0.2) is 128 Å². The average molecular weight is 463 g/mol. The summed E-state index contributed by atoms with van der Waals surface area (Å²) in [5.74, 6) is 0. The first-order valence-corrected chi connectivity index (χ1v) is 12.2. The zero-order valence-electron chi connectivity index (χ0n) is 20.2. The minimum atomic E-state index is 1.01. The third kappa shape index (κ3) is 4.37. The van der Waals surface area contributed by atoms with Crippen molar-refractivity contribution < 1.29 is 0 Å². The van der Waals surface area contributed by atoms with Crippen molar-refractivity contribution >= 4 is 50.9 Å². The predicted octanol–water partition coefficient (Wildman–Crippen LogP) is 9.34. The van der Waals surface area contributed by atoms with Gasteiger partial charge in [-0.3, -0.25) is 4.98 Å². The molecule has 0 saturated heterocycles. The monoisotopic (exact) mass is 462 g/mol. The lowest BCUT2D eigenvalue weighted by Crippen LogP contribution is -2.09. The van der Waals surface area contributed by atoms with Crippen LogP contribution >= 0.6 is 0 Å². The smallest absolute Gasteiger partial charge is 0.0707 e. The lowest BCUT2D eigenvalue weighted by molar-refractivity contribution is 1.28. The predicted molar refractivity (Wildman–Crippen MR) is 154 cm³/mol. The van der Waals surface area contributed by atoms with Crippen molar-refractivity contribution in [1.82, 2.24) is 4.98 Å². The molecule has 6 rings (SSSR count). The minimum absolute atomic E-state index is 1.01. The Morgan fingerprint density at radius 1 is 0.583 bits per heavy atom. The number of pyridine rings is 1. The Labute approximate surface area is 211 Å². The quantitative estimate of drug-likeness (QED) is 0.254. The summed E-state index contributed by atoms with van der Waals surface area (Å²) in [4.78, 5) is 6.79. The Morgan fingerprint density at radius 2 is 1.25 bits per heavy atom. The van der Waals surface area contributed by atoms with E-state index in [0.717, 1.165) is 33.5 Å². The summed E-state index contributed by atoms with van der Waals surface area (Å²) in [7, 11) is 0. The highest BCUT2D eigenvalue weighted by molar-refractivity contribution is 5.91. The molecule has 172 valence electrons. The Kier molecular flexibility index (Phi) is 5.77. The zero-order chi connectivity index (χ0) is 24.3. The van der Waals surface area contributed by atoms with E-state index in [1.165, 1.54) is 21.9 Å². The number of aryl methyl sites for hydroxylation is 1. The van der Waals surface area contributed by atoms with E-state index in [0.29, 0.717) is 0 Å². The van der Waals surface area contributed by atoms with E-state index < -0.39 is 0 Å². The number of fused-ring (bicyclic) bond motifs is 2. The summed E-state index contributed by atoms with van der Waals surface area (Å²) >= 11 is 0. The van der Waals surface area contributed by atoms with Gasteiger partial charge < -0.3 is 4.90 Å². The first kappa shape index (κ1) is 21.8. The Morgan fingerprint density at radius 3 is 2.06 bits per heavy atom. The van der Waals surface area contributed by atoms with Gasteiger partial charge in [-0.05, 0) is 77.4 Å². The van der Waals surface area contributed by atoms with Crippen LogP contribution in [0.5, 0.6) is 0 Å². The second-order valence-corrected chi connectivity index (χ2v) is 9.04. The zero-order valence-corrected chi connectivity index (χ0v) is 20.2.